The summed E-state index contributed by atoms with van der Waals surface area (Å²) in [4.78, 5) is 13.1. The second-order valence-corrected chi connectivity index (χ2v) is 8.25. The largest absolute Gasteiger partial charge is 0.465 e. The van der Waals surface area contributed by atoms with Crippen LogP contribution in [0.3, 0.4) is 0 Å². The molecule has 1 heterocycles. The molecule has 8 heteroatoms. The molecule has 0 unspecified atom stereocenters. The highest BCUT2D eigenvalue weighted by Gasteiger charge is 2.43. The van der Waals surface area contributed by atoms with E-state index in [1.54, 1.807) is 26.0 Å². The third-order valence-electron chi connectivity index (χ3n) is 5.99. The number of hydrogen-bond acceptors (Lipinski definition) is 5. The molecule has 0 saturated carbocycles. The van der Waals surface area contributed by atoms with Crippen molar-refractivity contribution in [3.05, 3.63) is 118 Å². The number of esters is 1. The Balaban J connectivity index is 1.88. The van der Waals surface area contributed by atoms with E-state index in [4.69, 9.17) is 14.2 Å². The molecule has 4 rings (SSSR count). The molecule has 1 aliphatic heterocycles. The number of benzene rings is 3. The Morgan fingerprint density at radius 1 is 0.917 bits per heavy atom. The molecule has 0 spiro atoms. The van der Waals surface area contributed by atoms with Crippen molar-refractivity contribution in [2.24, 2.45) is 5.92 Å². The van der Waals surface area contributed by atoms with Gasteiger partial charge in [0.05, 0.1) is 12.2 Å². The molecule has 1 N–H and O–H groups in total. The van der Waals surface area contributed by atoms with Gasteiger partial charge in [-0.15, -0.1) is 0 Å². The van der Waals surface area contributed by atoms with E-state index in [0.717, 1.165) is 6.07 Å². The van der Waals surface area contributed by atoms with Crippen molar-refractivity contribution >= 4 is 5.97 Å². The molecule has 0 aliphatic carbocycles. The first-order valence-corrected chi connectivity index (χ1v) is 11.4. The molecule has 36 heavy (non-hydrogen) atoms. The highest BCUT2D eigenvalue weighted by Crippen LogP contribution is 2.46. The molecule has 0 aromatic heterocycles. The van der Waals surface area contributed by atoms with Gasteiger partial charge in [-0.1, -0.05) is 48.5 Å². The summed E-state index contributed by atoms with van der Waals surface area (Å²) in [5, 5.41) is 11.2. The van der Waals surface area contributed by atoms with Gasteiger partial charge in [0, 0.05) is 11.1 Å². The van der Waals surface area contributed by atoms with E-state index in [-0.39, 0.29) is 34.6 Å². The van der Waals surface area contributed by atoms with Crippen molar-refractivity contribution in [2.45, 2.75) is 32.3 Å². The minimum atomic E-state index is -1.71. The fourth-order valence-corrected chi connectivity index (χ4v) is 4.21. The van der Waals surface area contributed by atoms with E-state index in [9.17, 15) is 23.1 Å². The lowest BCUT2D eigenvalue weighted by Crippen LogP contribution is -2.33. The Hall–Kier alpha value is -3.62. The van der Waals surface area contributed by atoms with Gasteiger partial charge in [0.15, 0.2) is 0 Å². The van der Waals surface area contributed by atoms with Crippen LogP contribution in [0.25, 0.3) is 0 Å². The number of rotatable bonds is 7. The zero-order chi connectivity index (χ0) is 25.8. The Morgan fingerprint density at radius 2 is 1.47 bits per heavy atom. The quantitative estimate of drug-likeness (QED) is 0.400. The topological polar surface area (TPSA) is 65.0 Å². The van der Waals surface area contributed by atoms with Gasteiger partial charge in [0.1, 0.15) is 41.3 Å². The number of ether oxygens (including phenoxy) is 3. The lowest BCUT2D eigenvalue weighted by atomic mass is 9.88. The van der Waals surface area contributed by atoms with E-state index in [1.165, 1.54) is 54.6 Å². The Bertz CT molecular complexity index is 1280. The van der Waals surface area contributed by atoms with Crippen molar-refractivity contribution in [2.75, 3.05) is 6.61 Å². The van der Waals surface area contributed by atoms with Crippen LogP contribution in [0.1, 0.15) is 49.0 Å². The van der Waals surface area contributed by atoms with Gasteiger partial charge in [-0.2, -0.15) is 0 Å². The minimum Gasteiger partial charge on any atom is -0.465 e. The van der Waals surface area contributed by atoms with Gasteiger partial charge in [-0.25, -0.2) is 13.2 Å². The van der Waals surface area contributed by atoms with Gasteiger partial charge in [0.25, 0.3) is 0 Å². The van der Waals surface area contributed by atoms with Crippen molar-refractivity contribution in [3.63, 3.8) is 0 Å². The zero-order valence-electron chi connectivity index (χ0n) is 19.7. The van der Waals surface area contributed by atoms with E-state index in [2.05, 4.69) is 0 Å². The van der Waals surface area contributed by atoms with Crippen molar-refractivity contribution in [1.29, 1.82) is 0 Å². The molecule has 0 amide bonds. The fraction of sp³-hybridized carbons (Fsp3) is 0.250. The number of aliphatic hydroxyl groups is 1. The molecule has 188 valence electrons. The first kappa shape index (κ1) is 25.5. The molecule has 0 radical (unpaired) electrons. The van der Waals surface area contributed by atoms with Crippen LogP contribution in [-0.2, 0) is 19.0 Å². The summed E-state index contributed by atoms with van der Waals surface area (Å²) in [6.07, 6.45) is -4.20. The third kappa shape index (κ3) is 5.01. The highest BCUT2D eigenvalue weighted by atomic mass is 19.1. The molecule has 5 nitrogen and oxygen atoms in total. The van der Waals surface area contributed by atoms with Gasteiger partial charge in [-0.3, -0.25) is 4.79 Å². The minimum absolute atomic E-state index is 0.00632. The Morgan fingerprint density at radius 3 is 2.06 bits per heavy atom. The molecule has 4 atom stereocenters. The predicted octanol–water partition coefficient (Wildman–Crippen LogP) is 6.08. The van der Waals surface area contributed by atoms with Crippen molar-refractivity contribution in [1.82, 2.24) is 0 Å². The lowest BCUT2D eigenvalue weighted by molar-refractivity contribution is -0.185. The number of halogens is 3. The lowest BCUT2D eigenvalue weighted by Gasteiger charge is -2.37. The maximum atomic E-state index is 14.8. The van der Waals surface area contributed by atoms with Crippen LogP contribution in [-0.4, -0.2) is 17.7 Å². The summed E-state index contributed by atoms with van der Waals surface area (Å²) < 4.78 is 61.3. The first-order valence-electron chi connectivity index (χ1n) is 11.4. The third-order valence-corrected chi connectivity index (χ3v) is 5.99. The number of aliphatic hydroxyl groups excluding tert-OH is 1. The smallest absolute Gasteiger partial charge is 0.319 e. The molecular formula is C28H25F3O5. The van der Waals surface area contributed by atoms with E-state index in [1.807, 2.05) is 0 Å². The fourth-order valence-electron chi connectivity index (χ4n) is 4.21. The highest BCUT2D eigenvalue weighted by molar-refractivity contribution is 5.77. The number of hydrogen-bond donors (Lipinski definition) is 1. The summed E-state index contributed by atoms with van der Waals surface area (Å²) in [6.45, 7) is 3.11. The molecule has 0 fully saturated rings. The summed E-state index contributed by atoms with van der Waals surface area (Å²) in [7, 11) is 0. The van der Waals surface area contributed by atoms with Gasteiger partial charge in [0.2, 0.25) is 6.29 Å². The van der Waals surface area contributed by atoms with E-state index in [0.29, 0.717) is 0 Å². The average Bonchev–Trinajstić information content (AvgIpc) is 2.86. The maximum Gasteiger partial charge on any atom is 0.319 e. The zero-order valence-corrected chi connectivity index (χ0v) is 19.7. The van der Waals surface area contributed by atoms with E-state index < -0.39 is 47.8 Å². The molecule has 3 aromatic carbocycles. The van der Waals surface area contributed by atoms with E-state index >= 15 is 0 Å². The number of carbonyl (C=O) groups excluding carboxylic acids is 1. The Labute approximate surface area is 206 Å². The normalized spacial score (nSPS) is 19.4. The van der Waals surface area contributed by atoms with Crippen LogP contribution >= 0.6 is 0 Å². The molecule has 3 aromatic rings. The van der Waals surface area contributed by atoms with Crippen LogP contribution in [0, 0.1) is 23.4 Å². The van der Waals surface area contributed by atoms with Crippen LogP contribution in [0.15, 0.2) is 84.1 Å². The van der Waals surface area contributed by atoms with Crippen LogP contribution in [0.5, 0.6) is 0 Å². The van der Waals surface area contributed by atoms with Gasteiger partial charge >= 0.3 is 5.97 Å². The summed E-state index contributed by atoms with van der Waals surface area (Å²) in [5.41, 5.74) is 0.226. The summed E-state index contributed by atoms with van der Waals surface area (Å²) >= 11 is 0. The van der Waals surface area contributed by atoms with Gasteiger partial charge < -0.3 is 19.3 Å². The summed E-state index contributed by atoms with van der Waals surface area (Å²) in [5.74, 6) is -4.50. The SMILES string of the molecule is CCOC(=O)[C@H](C1=C(C)[C@@H](c2ccccc2F)O[C@@H](c2ccccc2F)O1)[C@H](O)c1ccccc1F. The molecule has 0 bridgehead atoms. The average molecular weight is 498 g/mol. The van der Waals surface area contributed by atoms with Crippen LogP contribution < -0.4 is 0 Å². The van der Waals surface area contributed by atoms with Crippen molar-refractivity contribution in [3.8, 4) is 0 Å². The summed E-state index contributed by atoms with van der Waals surface area (Å²) in [6, 6.07) is 17.0. The number of carbonyl (C=O) groups is 1. The standard InChI is InChI=1S/C28H25F3O5/c1-3-34-27(33)23(24(32)17-10-4-7-13-20(17)29)26-16(2)25(18-11-5-8-14-21(18)30)35-28(36-26)19-12-6-9-15-22(19)31/h4-15,23-25,28,32H,3H2,1-2H3/t23-,24+,25-,28+/m0/s1. The Kier molecular flexibility index (Phi) is 7.76. The van der Waals surface area contributed by atoms with Crippen molar-refractivity contribution < 1.29 is 37.3 Å². The monoisotopic (exact) mass is 498 g/mol. The van der Waals surface area contributed by atoms with Gasteiger partial charge in [-0.05, 0) is 43.7 Å². The maximum absolute atomic E-state index is 14.8. The predicted molar refractivity (Wildman–Crippen MR) is 125 cm³/mol. The molecule has 1 aliphatic rings. The first-order chi connectivity index (χ1) is 17.3. The second-order valence-electron chi connectivity index (χ2n) is 8.25. The molecule has 0 saturated heterocycles. The second kappa shape index (κ2) is 11.0. The molecular weight excluding hydrogens is 473 g/mol. The van der Waals surface area contributed by atoms with Crippen LogP contribution in [0.4, 0.5) is 13.2 Å². The van der Waals surface area contributed by atoms with Crippen LogP contribution in [0.2, 0.25) is 0 Å².